The fraction of sp³-hybridized carbons (Fsp3) is 0.227. The van der Waals surface area contributed by atoms with Crippen molar-refractivity contribution in [3.05, 3.63) is 58.0 Å². The molecular weight excluding hydrogens is 448 g/mol. The molecule has 1 heterocycles. The van der Waals surface area contributed by atoms with E-state index in [0.29, 0.717) is 59.8 Å². The summed E-state index contributed by atoms with van der Waals surface area (Å²) in [6.45, 7) is 1.90. The van der Waals surface area contributed by atoms with Crippen molar-refractivity contribution in [1.82, 2.24) is 0 Å². The highest BCUT2D eigenvalue weighted by molar-refractivity contribution is 7.18. The molecule has 0 aliphatic heterocycles. The largest absolute Gasteiger partial charge is 0.383 e. The van der Waals surface area contributed by atoms with Crippen LogP contribution in [0.1, 0.15) is 38.3 Å². The second-order valence-corrected chi connectivity index (χ2v) is 8.09. The fourth-order valence-corrected chi connectivity index (χ4v) is 4.76. The molecule has 4 rings (SSSR count). The van der Waals surface area contributed by atoms with Crippen LogP contribution in [0, 0.1) is 0 Å². The van der Waals surface area contributed by atoms with Crippen LogP contribution in [0.2, 0.25) is 0 Å². The van der Waals surface area contributed by atoms with E-state index in [1.165, 1.54) is 11.3 Å². The first kappa shape index (κ1) is 23.5. The van der Waals surface area contributed by atoms with Gasteiger partial charge >= 0.3 is 0 Å². The van der Waals surface area contributed by atoms with Crippen LogP contribution in [-0.2, 0) is 0 Å². The Balaban J connectivity index is 0.00000289. The number of anilines is 2. The Labute approximate surface area is 195 Å². The van der Waals surface area contributed by atoms with Crippen LogP contribution in [0.15, 0.2) is 40.7 Å². The monoisotopic (exact) mass is 472 g/mol. The molecule has 0 spiro atoms. The molecule has 168 valence electrons. The van der Waals surface area contributed by atoms with Crippen LogP contribution in [0.25, 0.3) is 10.1 Å². The Kier molecular flexibility index (Phi) is 7.34. The number of guanidine groups is 1. The number of rotatable bonds is 8. The van der Waals surface area contributed by atoms with Crippen molar-refractivity contribution in [3.8, 4) is 0 Å². The van der Waals surface area contributed by atoms with Gasteiger partial charge in [0.2, 0.25) is 0 Å². The minimum atomic E-state index is -0.176. The van der Waals surface area contributed by atoms with E-state index in [4.69, 9.17) is 17.2 Å². The van der Waals surface area contributed by atoms with Gasteiger partial charge in [0.05, 0.1) is 33.7 Å². The van der Waals surface area contributed by atoms with E-state index in [0.717, 1.165) is 16.5 Å². The number of carbonyl (C=O) groups is 2. The molecule has 2 aromatic carbocycles. The van der Waals surface area contributed by atoms with Crippen LogP contribution < -0.4 is 27.8 Å². The van der Waals surface area contributed by atoms with Crippen molar-refractivity contribution >= 4 is 62.7 Å². The standard InChI is InChI=1S/C22H24N6O2S.ClH/c23-7-3-8-26-18-16-15(19(29)12-4-1-2-5-13(12)20(16)30)17(14-6-11-31-21(14)18)27-9-10-28-22(24)25;/h1-2,4-6,11,26-27H,3,7-10,23H2,(H4,24,25,28);1H. The molecule has 3 aromatic rings. The smallest absolute Gasteiger partial charge is 0.196 e. The Morgan fingerprint density at radius 1 is 0.938 bits per heavy atom. The summed E-state index contributed by atoms with van der Waals surface area (Å²) >= 11 is 1.52. The van der Waals surface area contributed by atoms with Gasteiger partial charge in [0.15, 0.2) is 17.5 Å². The van der Waals surface area contributed by atoms with E-state index in [1.807, 2.05) is 11.4 Å². The normalized spacial score (nSPS) is 12.0. The zero-order chi connectivity index (χ0) is 22.0. The summed E-state index contributed by atoms with van der Waals surface area (Å²) < 4.78 is 0.917. The summed E-state index contributed by atoms with van der Waals surface area (Å²) in [6.07, 6.45) is 0.749. The van der Waals surface area contributed by atoms with Gasteiger partial charge in [-0.15, -0.1) is 23.7 Å². The molecule has 8 nitrogen and oxygen atoms in total. The lowest BCUT2D eigenvalue weighted by molar-refractivity contribution is 0.0980. The number of hydrogen-bond acceptors (Lipinski definition) is 7. The topological polar surface area (TPSA) is 149 Å². The number of nitrogens with one attached hydrogen (secondary N) is 2. The molecule has 0 saturated carbocycles. The lowest BCUT2D eigenvalue weighted by Crippen LogP contribution is -2.26. The third-order valence-corrected chi connectivity index (χ3v) is 6.10. The molecule has 0 saturated heterocycles. The molecule has 0 amide bonds. The van der Waals surface area contributed by atoms with E-state index in [9.17, 15) is 9.59 Å². The van der Waals surface area contributed by atoms with Gasteiger partial charge in [-0.3, -0.25) is 14.6 Å². The maximum atomic E-state index is 13.6. The predicted molar refractivity (Wildman–Crippen MR) is 134 cm³/mol. The summed E-state index contributed by atoms with van der Waals surface area (Å²) in [5, 5.41) is 9.50. The molecule has 10 heteroatoms. The number of nitrogens with two attached hydrogens (primary N) is 3. The number of thiophene rings is 1. The van der Waals surface area contributed by atoms with Crippen molar-refractivity contribution in [1.29, 1.82) is 0 Å². The molecular formula is C22H25ClN6O2S. The van der Waals surface area contributed by atoms with Gasteiger partial charge in [-0.25, -0.2) is 0 Å². The maximum Gasteiger partial charge on any atom is 0.196 e. The van der Waals surface area contributed by atoms with Gasteiger partial charge in [-0.05, 0) is 24.4 Å². The van der Waals surface area contributed by atoms with Gasteiger partial charge in [0, 0.05) is 29.6 Å². The molecule has 0 atom stereocenters. The SMILES string of the molecule is Cl.NCCCNc1c2c(c(NCCN=C(N)N)c3ccsc13)C(=O)c1ccccc1C2=O. The third kappa shape index (κ3) is 4.14. The molecule has 32 heavy (non-hydrogen) atoms. The van der Waals surface area contributed by atoms with Gasteiger partial charge in [-0.1, -0.05) is 24.3 Å². The number of nitrogens with zero attached hydrogens (tertiary/aromatic N) is 1. The van der Waals surface area contributed by atoms with E-state index >= 15 is 0 Å². The minimum Gasteiger partial charge on any atom is -0.383 e. The van der Waals surface area contributed by atoms with Crippen LogP contribution in [0.4, 0.5) is 11.4 Å². The Bertz CT molecular complexity index is 1200. The number of hydrogen-bond donors (Lipinski definition) is 5. The molecule has 1 aliphatic carbocycles. The Hall–Kier alpha value is -3.14. The number of benzene rings is 2. The van der Waals surface area contributed by atoms with Crippen molar-refractivity contribution in [2.75, 3.05) is 36.8 Å². The molecule has 1 aliphatic rings. The highest BCUT2D eigenvalue weighted by Gasteiger charge is 2.35. The highest BCUT2D eigenvalue weighted by atomic mass is 35.5. The average molecular weight is 473 g/mol. The highest BCUT2D eigenvalue weighted by Crippen LogP contribution is 2.45. The third-order valence-electron chi connectivity index (χ3n) is 5.17. The van der Waals surface area contributed by atoms with Crippen LogP contribution in [-0.4, -0.2) is 43.7 Å². The maximum absolute atomic E-state index is 13.6. The molecule has 0 fully saturated rings. The fourth-order valence-electron chi connectivity index (χ4n) is 3.83. The van der Waals surface area contributed by atoms with E-state index in [1.54, 1.807) is 24.3 Å². The first-order valence-electron chi connectivity index (χ1n) is 10.0. The first-order valence-corrected chi connectivity index (χ1v) is 10.9. The van der Waals surface area contributed by atoms with Crippen LogP contribution in [0.3, 0.4) is 0 Å². The lowest BCUT2D eigenvalue weighted by atomic mass is 9.81. The van der Waals surface area contributed by atoms with Gasteiger partial charge in [0.1, 0.15) is 0 Å². The lowest BCUT2D eigenvalue weighted by Gasteiger charge is -2.25. The molecule has 1 aromatic heterocycles. The zero-order valence-corrected chi connectivity index (χ0v) is 18.9. The molecule has 8 N–H and O–H groups in total. The van der Waals surface area contributed by atoms with Crippen molar-refractivity contribution < 1.29 is 9.59 Å². The number of aliphatic imine (C=N–C) groups is 1. The summed E-state index contributed by atoms with van der Waals surface area (Å²) in [7, 11) is 0. The molecule has 0 radical (unpaired) electrons. The van der Waals surface area contributed by atoms with Gasteiger partial charge < -0.3 is 27.8 Å². The summed E-state index contributed by atoms with van der Waals surface area (Å²) in [6, 6.07) is 8.89. The zero-order valence-electron chi connectivity index (χ0n) is 17.3. The number of carbonyl (C=O) groups excluding carboxylic acids is 2. The second-order valence-electron chi connectivity index (χ2n) is 7.17. The van der Waals surface area contributed by atoms with Crippen LogP contribution >= 0.6 is 23.7 Å². The van der Waals surface area contributed by atoms with E-state index in [2.05, 4.69) is 15.6 Å². The summed E-state index contributed by atoms with van der Waals surface area (Å²) in [5.74, 6) is -0.336. The van der Waals surface area contributed by atoms with E-state index < -0.39 is 0 Å². The van der Waals surface area contributed by atoms with Gasteiger partial charge in [-0.2, -0.15) is 0 Å². The van der Waals surface area contributed by atoms with Crippen molar-refractivity contribution in [2.24, 2.45) is 22.2 Å². The number of halogens is 1. The summed E-state index contributed by atoms with van der Waals surface area (Å²) in [5.41, 5.74) is 19.4. The Morgan fingerprint density at radius 2 is 1.56 bits per heavy atom. The summed E-state index contributed by atoms with van der Waals surface area (Å²) in [4.78, 5) is 31.1. The van der Waals surface area contributed by atoms with Gasteiger partial charge in [0.25, 0.3) is 0 Å². The van der Waals surface area contributed by atoms with E-state index in [-0.39, 0.29) is 29.9 Å². The number of ketones is 2. The molecule has 0 bridgehead atoms. The second kappa shape index (κ2) is 9.99. The molecule has 0 unspecified atom stereocenters. The Morgan fingerprint density at radius 3 is 2.19 bits per heavy atom. The minimum absolute atomic E-state index is 0. The van der Waals surface area contributed by atoms with Crippen LogP contribution in [0.5, 0.6) is 0 Å². The first-order chi connectivity index (χ1) is 15.0. The average Bonchev–Trinajstić information content (AvgIpc) is 3.25. The predicted octanol–water partition coefficient (Wildman–Crippen LogP) is 2.54. The van der Waals surface area contributed by atoms with Crippen molar-refractivity contribution in [2.45, 2.75) is 6.42 Å². The quantitative estimate of drug-likeness (QED) is 0.114. The number of fused-ring (bicyclic) bond motifs is 3. The van der Waals surface area contributed by atoms with Crippen molar-refractivity contribution in [3.63, 3.8) is 0 Å².